The van der Waals surface area contributed by atoms with Gasteiger partial charge in [0.1, 0.15) is 5.52 Å². The molecule has 0 aliphatic rings. The molecule has 0 aliphatic carbocycles. The topological polar surface area (TPSA) is 25.8 Å². The standard InChI is InChI=1S/C8H4ClIN2/c9-6-3-5(10)4-7-8(6)12-2-1-11-7/h1-4H. The average Bonchev–Trinajstić information content (AvgIpc) is 2.04. The summed E-state index contributed by atoms with van der Waals surface area (Å²) in [4.78, 5) is 8.28. The number of rotatable bonds is 0. The zero-order valence-electron chi connectivity index (χ0n) is 5.96. The highest BCUT2D eigenvalue weighted by Crippen LogP contribution is 2.22. The minimum Gasteiger partial charge on any atom is -0.253 e. The summed E-state index contributed by atoms with van der Waals surface area (Å²) < 4.78 is 1.07. The highest BCUT2D eigenvalue weighted by molar-refractivity contribution is 14.1. The van der Waals surface area contributed by atoms with Gasteiger partial charge in [-0.25, -0.2) is 0 Å². The van der Waals surface area contributed by atoms with Crippen LogP contribution in [0.15, 0.2) is 24.5 Å². The van der Waals surface area contributed by atoms with Crippen molar-refractivity contribution in [3.8, 4) is 0 Å². The van der Waals surface area contributed by atoms with E-state index in [2.05, 4.69) is 32.6 Å². The van der Waals surface area contributed by atoms with Crippen molar-refractivity contribution in [2.75, 3.05) is 0 Å². The summed E-state index contributed by atoms with van der Waals surface area (Å²) in [5.41, 5.74) is 1.61. The van der Waals surface area contributed by atoms with Crippen LogP contribution in [0, 0.1) is 3.57 Å². The molecule has 0 bridgehead atoms. The van der Waals surface area contributed by atoms with Crippen LogP contribution >= 0.6 is 34.2 Å². The van der Waals surface area contributed by atoms with Gasteiger partial charge in [-0.05, 0) is 34.7 Å². The Morgan fingerprint density at radius 1 is 1.17 bits per heavy atom. The SMILES string of the molecule is Clc1cc(I)cc2nccnc12. The van der Waals surface area contributed by atoms with E-state index < -0.39 is 0 Å². The Balaban J connectivity index is 2.89. The maximum absolute atomic E-state index is 5.96. The fourth-order valence-electron chi connectivity index (χ4n) is 1.00. The van der Waals surface area contributed by atoms with Gasteiger partial charge in [-0.1, -0.05) is 11.6 Å². The molecule has 0 N–H and O–H groups in total. The Bertz CT molecular complexity index is 430. The number of aromatic nitrogens is 2. The van der Waals surface area contributed by atoms with Crippen LogP contribution in [-0.4, -0.2) is 9.97 Å². The fraction of sp³-hybridized carbons (Fsp3) is 0. The van der Waals surface area contributed by atoms with Crippen LogP contribution in [0.4, 0.5) is 0 Å². The molecular formula is C8H4ClIN2. The van der Waals surface area contributed by atoms with Crippen LogP contribution in [0.25, 0.3) is 11.0 Å². The molecule has 0 atom stereocenters. The van der Waals surface area contributed by atoms with Crippen molar-refractivity contribution in [3.05, 3.63) is 33.1 Å². The number of hydrogen-bond acceptors (Lipinski definition) is 2. The highest BCUT2D eigenvalue weighted by Gasteiger charge is 2.01. The first kappa shape index (κ1) is 8.19. The quantitative estimate of drug-likeness (QED) is 0.697. The molecule has 0 fully saturated rings. The summed E-state index contributed by atoms with van der Waals surface area (Å²) in [6.07, 6.45) is 3.30. The smallest absolute Gasteiger partial charge is 0.107 e. The van der Waals surface area contributed by atoms with Crippen LogP contribution in [0.1, 0.15) is 0 Å². The van der Waals surface area contributed by atoms with Crippen molar-refractivity contribution in [2.24, 2.45) is 0 Å². The predicted molar refractivity (Wildman–Crippen MR) is 57.3 cm³/mol. The lowest BCUT2D eigenvalue weighted by Gasteiger charge is -1.98. The van der Waals surface area contributed by atoms with Gasteiger partial charge in [0.2, 0.25) is 0 Å². The van der Waals surface area contributed by atoms with Gasteiger partial charge in [0, 0.05) is 16.0 Å². The Morgan fingerprint density at radius 2 is 1.92 bits per heavy atom. The van der Waals surface area contributed by atoms with Crippen LogP contribution in [0.3, 0.4) is 0 Å². The summed E-state index contributed by atoms with van der Waals surface area (Å²) >= 11 is 8.16. The molecule has 2 aromatic rings. The van der Waals surface area contributed by atoms with Crippen molar-refractivity contribution in [3.63, 3.8) is 0 Å². The second-order valence-electron chi connectivity index (χ2n) is 2.31. The second kappa shape index (κ2) is 3.14. The third kappa shape index (κ3) is 1.38. The first-order valence-electron chi connectivity index (χ1n) is 3.33. The Labute approximate surface area is 88.1 Å². The normalized spacial score (nSPS) is 10.5. The van der Waals surface area contributed by atoms with Gasteiger partial charge in [0.25, 0.3) is 0 Å². The molecule has 12 heavy (non-hydrogen) atoms. The van der Waals surface area contributed by atoms with Crippen molar-refractivity contribution < 1.29 is 0 Å². The molecule has 1 aromatic carbocycles. The molecule has 0 saturated carbocycles. The van der Waals surface area contributed by atoms with E-state index in [0.29, 0.717) is 5.02 Å². The predicted octanol–water partition coefficient (Wildman–Crippen LogP) is 2.89. The van der Waals surface area contributed by atoms with E-state index in [1.54, 1.807) is 12.4 Å². The molecule has 4 heteroatoms. The third-order valence-electron chi connectivity index (χ3n) is 1.49. The fourth-order valence-corrected chi connectivity index (χ4v) is 2.05. The zero-order chi connectivity index (χ0) is 8.55. The molecule has 1 aromatic heterocycles. The zero-order valence-corrected chi connectivity index (χ0v) is 8.87. The van der Waals surface area contributed by atoms with Gasteiger partial charge in [0.05, 0.1) is 10.5 Å². The molecule has 0 unspecified atom stereocenters. The van der Waals surface area contributed by atoms with E-state index in [1.165, 1.54) is 0 Å². The molecular weight excluding hydrogens is 286 g/mol. The van der Waals surface area contributed by atoms with Gasteiger partial charge >= 0.3 is 0 Å². The molecule has 2 rings (SSSR count). The number of fused-ring (bicyclic) bond motifs is 1. The maximum Gasteiger partial charge on any atom is 0.107 e. The summed E-state index contributed by atoms with van der Waals surface area (Å²) in [5.74, 6) is 0. The van der Waals surface area contributed by atoms with Crippen molar-refractivity contribution in [2.45, 2.75) is 0 Å². The van der Waals surface area contributed by atoms with Crippen molar-refractivity contribution >= 4 is 45.2 Å². The van der Waals surface area contributed by atoms with Gasteiger partial charge in [-0.3, -0.25) is 9.97 Å². The number of benzene rings is 1. The van der Waals surface area contributed by atoms with E-state index in [-0.39, 0.29) is 0 Å². The maximum atomic E-state index is 5.96. The summed E-state index contributed by atoms with van der Waals surface area (Å²) in [7, 11) is 0. The largest absolute Gasteiger partial charge is 0.253 e. The first-order chi connectivity index (χ1) is 5.77. The van der Waals surface area contributed by atoms with Gasteiger partial charge in [-0.15, -0.1) is 0 Å². The monoisotopic (exact) mass is 290 g/mol. The lowest BCUT2D eigenvalue weighted by molar-refractivity contribution is 1.29. The lowest BCUT2D eigenvalue weighted by atomic mass is 10.3. The van der Waals surface area contributed by atoms with E-state index >= 15 is 0 Å². The number of nitrogens with zero attached hydrogens (tertiary/aromatic N) is 2. The van der Waals surface area contributed by atoms with Gasteiger partial charge < -0.3 is 0 Å². The van der Waals surface area contributed by atoms with Crippen LogP contribution in [0.5, 0.6) is 0 Å². The van der Waals surface area contributed by atoms with Crippen molar-refractivity contribution in [1.29, 1.82) is 0 Å². The molecule has 0 saturated heterocycles. The molecule has 0 amide bonds. The third-order valence-corrected chi connectivity index (χ3v) is 2.40. The summed E-state index contributed by atoms with van der Waals surface area (Å²) in [6, 6.07) is 3.83. The van der Waals surface area contributed by atoms with Gasteiger partial charge in [0.15, 0.2) is 0 Å². The van der Waals surface area contributed by atoms with Crippen molar-refractivity contribution in [1.82, 2.24) is 9.97 Å². The summed E-state index contributed by atoms with van der Waals surface area (Å²) in [6.45, 7) is 0. The van der Waals surface area contributed by atoms with Crippen LogP contribution in [-0.2, 0) is 0 Å². The van der Waals surface area contributed by atoms with Crippen LogP contribution < -0.4 is 0 Å². The Kier molecular flexibility index (Phi) is 2.14. The van der Waals surface area contributed by atoms with E-state index in [9.17, 15) is 0 Å². The molecule has 1 heterocycles. The second-order valence-corrected chi connectivity index (χ2v) is 3.96. The summed E-state index contributed by atoms with van der Waals surface area (Å²) in [5, 5.41) is 0.657. The molecule has 2 nitrogen and oxygen atoms in total. The Morgan fingerprint density at radius 3 is 2.75 bits per heavy atom. The van der Waals surface area contributed by atoms with Gasteiger partial charge in [-0.2, -0.15) is 0 Å². The first-order valence-corrected chi connectivity index (χ1v) is 4.79. The number of halogens is 2. The Hall–Kier alpha value is -0.420. The van der Waals surface area contributed by atoms with E-state index in [1.807, 2.05) is 12.1 Å². The molecule has 0 spiro atoms. The average molecular weight is 290 g/mol. The molecule has 60 valence electrons. The van der Waals surface area contributed by atoms with E-state index in [4.69, 9.17) is 11.6 Å². The minimum absolute atomic E-state index is 0.657. The minimum atomic E-state index is 0.657. The van der Waals surface area contributed by atoms with E-state index in [0.717, 1.165) is 14.6 Å². The number of hydrogen-bond donors (Lipinski definition) is 0. The molecule has 0 radical (unpaired) electrons. The lowest BCUT2D eigenvalue weighted by Crippen LogP contribution is -1.84. The van der Waals surface area contributed by atoms with Crippen LogP contribution in [0.2, 0.25) is 5.02 Å². The molecule has 0 aliphatic heterocycles. The highest BCUT2D eigenvalue weighted by atomic mass is 127.